The fourth-order valence-electron chi connectivity index (χ4n) is 1.65. The molecular weight excluding hydrogens is 174 g/mol. The normalized spacial score (nSPS) is 19.9. The van der Waals surface area contributed by atoms with Gasteiger partial charge in [0.25, 0.3) is 0 Å². The molecule has 2 rings (SSSR count). The van der Waals surface area contributed by atoms with E-state index in [0.29, 0.717) is 12.0 Å². The fourth-order valence-corrected chi connectivity index (χ4v) is 1.65. The van der Waals surface area contributed by atoms with Crippen molar-refractivity contribution in [2.75, 3.05) is 11.9 Å². The van der Waals surface area contributed by atoms with Crippen LogP contribution >= 0.6 is 0 Å². The molecular formula is C12H17NO. The van der Waals surface area contributed by atoms with Gasteiger partial charge in [-0.2, -0.15) is 0 Å². The molecule has 14 heavy (non-hydrogen) atoms. The van der Waals surface area contributed by atoms with Gasteiger partial charge >= 0.3 is 0 Å². The molecule has 0 saturated heterocycles. The van der Waals surface area contributed by atoms with Crippen LogP contribution in [0.4, 0.5) is 5.69 Å². The van der Waals surface area contributed by atoms with Crippen molar-refractivity contribution in [2.24, 2.45) is 5.92 Å². The standard InChI is InChI=1S/C12H17NO/c1-8(2)11-7-14-12-6-9(3)4-5-10(12)13-11/h4-6,8,11,13H,7H2,1-3H3. The van der Waals surface area contributed by atoms with Crippen molar-refractivity contribution in [3.8, 4) is 5.75 Å². The highest BCUT2D eigenvalue weighted by atomic mass is 16.5. The average molecular weight is 191 g/mol. The van der Waals surface area contributed by atoms with Crippen LogP contribution in [0.5, 0.6) is 5.75 Å². The van der Waals surface area contributed by atoms with Gasteiger partial charge < -0.3 is 10.1 Å². The van der Waals surface area contributed by atoms with Crippen LogP contribution in [0.1, 0.15) is 19.4 Å². The molecule has 0 amide bonds. The Morgan fingerprint density at radius 2 is 2.21 bits per heavy atom. The second-order valence-corrected chi connectivity index (χ2v) is 4.31. The topological polar surface area (TPSA) is 21.3 Å². The van der Waals surface area contributed by atoms with E-state index in [4.69, 9.17) is 4.74 Å². The lowest BCUT2D eigenvalue weighted by atomic mass is 10.0. The smallest absolute Gasteiger partial charge is 0.142 e. The zero-order valence-corrected chi connectivity index (χ0v) is 9.00. The van der Waals surface area contributed by atoms with E-state index in [9.17, 15) is 0 Å². The molecule has 1 aromatic rings. The first-order valence-corrected chi connectivity index (χ1v) is 5.17. The van der Waals surface area contributed by atoms with Gasteiger partial charge in [-0.15, -0.1) is 0 Å². The Balaban J connectivity index is 2.23. The number of hydrogen-bond acceptors (Lipinski definition) is 2. The van der Waals surface area contributed by atoms with E-state index in [-0.39, 0.29) is 0 Å². The number of fused-ring (bicyclic) bond motifs is 1. The highest BCUT2D eigenvalue weighted by Crippen LogP contribution is 2.31. The Hall–Kier alpha value is -1.18. The number of benzene rings is 1. The van der Waals surface area contributed by atoms with Crippen LogP contribution in [-0.4, -0.2) is 12.6 Å². The molecule has 1 aromatic carbocycles. The molecule has 2 heteroatoms. The van der Waals surface area contributed by atoms with Gasteiger partial charge in [-0.3, -0.25) is 0 Å². The minimum absolute atomic E-state index is 0.435. The van der Waals surface area contributed by atoms with E-state index in [1.54, 1.807) is 0 Å². The van der Waals surface area contributed by atoms with Crippen molar-refractivity contribution in [2.45, 2.75) is 26.8 Å². The molecule has 1 atom stereocenters. The maximum Gasteiger partial charge on any atom is 0.142 e. The van der Waals surface area contributed by atoms with Gasteiger partial charge in [0.15, 0.2) is 0 Å². The van der Waals surface area contributed by atoms with Crippen LogP contribution in [0.3, 0.4) is 0 Å². The van der Waals surface area contributed by atoms with E-state index >= 15 is 0 Å². The summed E-state index contributed by atoms with van der Waals surface area (Å²) in [6.45, 7) is 7.27. The number of anilines is 1. The summed E-state index contributed by atoms with van der Waals surface area (Å²) in [6, 6.07) is 6.72. The molecule has 0 fully saturated rings. The summed E-state index contributed by atoms with van der Waals surface area (Å²) in [5, 5.41) is 3.50. The second kappa shape index (κ2) is 3.52. The Morgan fingerprint density at radius 1 is 1.43 bits per heavy atom. The zero-order valence-electron chi connectivity index (χ0n) is 9.00. The van der Waals surface area contributed by atoms with Crippen molar-refractivity contribution in [1.29, 1.82) is 0 Å². The van der Waals surface area contributed by atoms with E-state index in [1.807, 2.05) is 0 Å². The number of ether oxygens (including phenoxy) is 1. The van der Waals surface area contributed by atoms with E-state index in [1.165, 1.54) is 5.56 Å². The van der Waals surface area contributed by atoms with Gasteiger partial charge in [0.1, 0.15) is 12.4 Å². The minimum atomic E-state index is 0.435. The quantitative estimate of drug-likeness (QED) is 0.737. The first-order chi connectivity index (χ1) is 6.66. The largest absolute Gasteiger partial charge is 0.489 e. The molecule has 1 aliphatic rings. The Kier molecular flexibility index (Phi) is 2.36. The van der Waals surface area contributed by atoms with Gasteiger partial charge in [-0.05, 0) is 30.5 Å². The zero-order chi connectivity index (χ0) is 10.1. The van der Waals surface area contributed by atoms with Crippen molar-refractivity contribution < 1.29 is 4.74 Å². The maximum atomic E-state index is 5.72. The maximum absolute atomic E-state index is 5.72. The van der Waals surface area contributed by atoms with Gasteiger partial charge in [0.05, 0.1) is 11.7 Å². The van der Waals surface area contributed by atoms with Crippen molar-refractivity contribution in [3.63, 3.8) is 0 Å². The summed E-state index contributed by atoms with van der Waals surface area (Å²) in [5.74, 6) is 1.59. The third-order valence-electron chi connectivity index (χ3n) is 2.70. The Labute approximate surface area is 85.3 Å². The second-order valence-electron chi connectivity index (χ2n) is 4.31. The third-order valence-corrected chi connectivity index (χ3v) is 2.70. The molecule has 1 heterocycles. The van der Waals surface area contributed by atoms with Gasteiger partial charge in [-0.25, -0.2) is 0 Å². The van der Waals surface area contributed by atoms with E-state index < -0.39 is 0 Å². The van der Waals surface area contributed by atoms with Crippen LogP contribution < -0.4 is 10.1 Å². The highest BCUT2D eigenvalue weighted by Gasteiger charge is 2.20. The lowest BCUT2D eigenvalue weighted by molar-refractivity contribution is 0.257. The number of hydrogen-bond donors (Lipinski definition) is 1. The molecule has 1 N–H and O–H groups in total. The van der Waals surface area contributed by atoms with Gasteiger partial charge in [-0.1, -0.05) is 19.9 Å². The first kappa shape index (κ1) is 9.38. The summed E-state index contributed by atoms with van der Waals surface area (Å²) in [7, 11) is 0. The lowest BCUT2D eigenvalue weighted by Gasteiger charge is -2.30. The third kappa shape index (κ3) is 1.69. The molecule has 2 nitrogen and oxygen atoms in total. The highest BCUT2D eigenvalue weighted by molar-refractivity contribution is 5.59. The monoisotopic (exact) mass is 191 g/mol. The number of rotatable bonds is 1. The molecule has 0 aliphatic carbocycles. The van der Waals surface area contributed by atoms with Crippen LogP contribution in [0, 0.1) is 12.8 Å². The van der Waals surface area contributed by atoms with Crippen molar-refractivity contribution in [3.05, 3.63) is 23.8 Å². The summed E-state index contributed by atoms with van der Waals surface area (Å²) in [4.78, 5) is 0. The van der Waals surface area contributed by atoms with Crippen molar-refractivity contribution in [1.82, 2.24) is 0 Å². The predicted molar refractivity (Wildman–Crippen MR) is 58.9 cm³/mol. The van der Waals surface area contributed by atoms with Crippen LogP contribution in [0.25, 0.3) is 0 Å². The molecule has 0 spiro atoms. The van der Waals surface area contributed by atoms with Crippen LogP contribution in [0.2, 0.25) is 0 Å². The minimum Gasteiger partial charge on any atom is -0.489 e. The summed E-state index contributed by atoms with van der Waals surface area (Å²) in [6.07, 6.45) is 0. The van der Waals surface area contributed by atoms with Gasteiger partial charge in [0.2, 0.25) is 0 Å². The van der Waals surface area contributed by atoms with E-state index in [2.05, 4.69) is 44.3 Å². The lowest BCUT2D eigenvalue weighted by Crippen LogP contribution is -2.35. The SMILES string of the molecule is Cc1ccc2c(c1)OCC(C(C)C)N2. The molecule has 1 aliphatic heterocycles. The Bertz CT molecular complexity index is 333. The molecule has 0 bridgehead atoms. The summed E-state index contributed by atoms with van der Waals surface area (Å²) < 4.78 is 5.72. The summed E-state index contributed by atoms with van der Waals surface area (Å²) in [5.41, 5.74) is 2.37. The first-order valence-electron chi connectivity index (χ1n) is 5.17. The molecule has 76 valence electrons. The molecule has 0 radical (unpaired) electrons. The van der Waals surface area contributed by atoms with E-state index in [0.717, 1.165) is 18.0 Å². The Morgan fingerprint density at radius 3 is 2.93 bits per heavy atom. The average Bonchev–Trinajstić information content (AvgIpc) is 2.16. The number of nitrogens with one attached hydrogen (secondary N) is 1. The predicted octanol–water partition coefficient (Wildman–Crippen LogP) is 2.82. The molecule has 0 aromatic heterocycles. The molecule has 1 unspecified atom stereocenters. The van der Waals surface area contributed by atoms with Crippen molar-refractivity contribution >= 4 is 5.69 Å². The van der Waals surface area contributed by atoms with Gasteiger partial charge in [0, 0.05) is 0 Å². The summed E-state index contributed by atoms with van der Waals surface area (Å²) >= 11 is 0. The fraction of sp³-hybridized carbons (Fsp3) is 0.500. The van der Waals surface area contributed by atoms with Crippen LogP contribution in [-0.2, 0) is 0 Å². The molecule has 0 saturated carbocycles. The van der Waals surface area contributed by atoms with Crippen LogP contribution in [0.15, 0.2) is 18.2 Å². The number of aryl methyl sites for hydroxylation is 1.